The molecule has 30 heavy (non-hydrogen) atoms. The summed E-state index contributed by atoms with van der Waals surface area (Å²) in [5.74, 6) is -0.836. The quantitative estimate of drug-likeness (QED) is 0.670. The minimum atomic E-state index is -4.02. The number of halogens is 2. The van der Waals surface area contributed by atoms with Crippen LogP contribution in [0.1, 0.15) is 23.2 Å². The Balaban J connectivity index is 1.78. The Hall–Kier alpha value is -2.29. The van der Waals surface area contributed by atoms with E-state index in [0.29, 0.717) is 36.6 Å². The van der Waals surface area contributed by atoms with Gasteiger partial charge in [0.1, 0.15) is 4.90 Å². The molecule has 2 aromatic carbocycles. The minimum Gasteiger partial charge on any atom is -0.469 e. The SMILES string of the molecule is COC(=O)C1CCN(C(=O)c2ccc(Cl)c(S(=O)(=O)Nc3ccc(Cl)cc3)c2)CC1. The molecule has 0 spiro atoms. The predicted octanol–water partition coefficient (Wildman–Crippen LogP) is 3.82. The number of benzene rings is 2. The van der Waals surface area contributed by atoms with E-state index in [1.54, 1.807) is 17.0 Å². The lowest BCUT2D eigenvalue weighted by atomic mass is 9.96. The van der Waals surface area contributed by atoms with Crippen molar-refractivity contribution in [2.75, 3.05) is 24.9 Å². The molecule has 160 valence electrons. The number of hydrogen-bond donors (Lipinski definition) is 1. The monoisotopic (exact) mass is 470 g/mol. The minimum absolute atomic E-state index is 0.00240. The first kappa shape index (κ1) is 22.4. The number of carbonyl (C=O) groups is 2. The van der Waals surface area contributed by atoms with Crippen LogP contribution in [0.4, 0.5) is 5.69 Å². The molecule has 1 heterocycles. The molecule has 1 aliphatic rings. The van der Waals surface area contributed by atoms with Gasteiger partial charge in [0.2, 0.25) is 0 Å². The van der Waals surface area contributed by atoms with E-state index in [-0.39, 0.29) is 33.3 Å². The second-order valence-corrected chi connectivity index (χ2v) is 9.34. The third-order valence-electron chi connectivity index (χ3n) is 4.88. The number of anilines is 1. The third-order valence-corrected chi connectivity index (χ3v) is 7.00. The van der Waals surface area contributed by atoms with Crippen LogP contribution < -0.4 is 4.72 Å². The molecule has 0 aliphatic carbocycles. The largest absolute Gasteiger partial charge is 0.469 e. The number of rotatable bonds is 5. The molecule has 0 atom stereocenters. The first-order chi connectivity index (χ1) is 14.2. The summed E-state index contributed by atoms with van der Waals surface area (Å²) < 4.78 is 32.8. The van der Waals surface area contributed by atoms with Crippen LogP contribution in [-0.4, -0.2) is 45.4 Å². The summed E-state index contributed by atoms with van der Waals surface area (Å²) in [7, 11) is -2.68. The van der Waals surface area contributed by atoms with E-state index in [1.807, 2.05) is 0 Å². The molecule has 7 nitrogen and oxygen atoms in total. The molecular weight excluding hydrogens is 451 g/mol. The highest BCUT2D eigenvalue weighted by atomic mass is 35.5. The number of likely N-dealkylation sites (tertiary alicyclic amines) is 1. The Labute approximate surface area is 185 Å². The molecule has 3 rings (SSSR count). The van der Waals surface area contributed by atoms with E-state index >= 15 is 0 Å². The number of carbonyl (C=O) groups excluding carboxylic acids is 2. The van der Waals surface area contributed by atoms with Crippen LogP contribution in [0.2, 0.25) is 10.0 Å². The normalized spacial score (nSPS) is 15.0. The van der Waals surface area contributed by atoms with Crippen molar-refractivity contribution in [1.29, 1.82) is 0 Å². The van der Waals surface area contributed by atoms with Crippen LogP contribution in [0.15, 0.2) is 47.4 Å². The van der Waals surface area contributed by atoms with Crippen LogP contribution in [0.25, 0.3) is 0 Å². The lowest BCUT2D eigenvalue weighted by Crippen LogP contribution is -2.40. The highest BCUT2D eigenvalue weighted by molar-refractivity contribution is 7.92. The second-order valence-electron chi connectivity index (χ2n) is 6.85. The zero-order valence-corrected chi connectivity index (χ0v) is 18.4. The van der Waals surface area contributed by atoms with Crippen LogP contribution >= 0.6 is 23.2 Å². The first-order valence-corrected chi connectivity index (χ1v) is 11.4. The number of hydrogen-bond acceptors (Lipinski definition) is 5. The Morgan fingerprint density at radius 1 is 1.07 bits per heavy atom. The fraction of sp³-hybridized carbons (Fsp3) is 0.300. The smallest absolute Gasteiger partial charge is 0.308 e. The predicted molar refractivity (Wildman–Crippen MR) is 114 cm³/mol. The van der Waals surface area contributed by atoms with Gasteiger partial charge in [0.15, 0.2) is 0 Å². The topological polar surface area (TPSA) is 92.8 Å². The molecule has 1 N–H and O–H groups in total. The van der Waals surface area contributed by atoms with Gasteiger partial charge < -0.3 is 9.64 Å². The number of piperidine rings is 1. The summed E-state index contributed by atoms with van der Waals surface area (Å²) in [6, 6.07) is 10.3. The molecule has 0 radical (unpaired) electrons. The van der Waals surface area contributed by atoms with E-state index in [9.17, 15) is 18.0 Å². The Kier molecular flexibility index (Phi) is 6.90. The van der Waals surface area contributed by atoms with Crippen molar-refractivity contribution >= 4 is 50.8 Å². The Morgan fingerprint density at radius 2 is 1.70 bits per heavy atom. The van der Waals surface area contributed by atoms with Crippen molar-refractivity contribution in [3.63, 3.8) is 0 Å². The lowest BCUT2D eigenvalue weighted by molar-refractivity contribution is -0.146. The van der Waals surface area contributed by atoms with Crippen molar-refractivity contribution in [2.45, 2.75) is 17.7 Å². The average molecular weight is 471 g/mol. The van der Waals surface area contributed by atoms with Crippen LogP contribution in [-0.2, 0) is 19.6 Å². The molecule has 0 saturated carbocycles. The van der Waals surface area contributed by atoms with Gasteiger partial charge in [0, 0.05) is 29.4 Å². The van der Waals surface area contributed by atoms with E-state index in [0.717, 1.165) is 0 Å². The van der Waals surface area contributed by atoms with Crippen LogP contribution in [0, 0.1) is 5.92 Å². The van der Waals surface area contributed by atoms with Crippen LogP contribution in [0.5, 0.6) is 0 Å². The van der Waals surface area contributed by atoms with Crippen molar-refractivity contribution in [2.24, 2.45) is 5.92 Å². The fourth-order valence-electron chi connectivity index (χ4n) is 3.24. The van der Waals surface area contributed by atoms with E-state index < -0.39 is 10.0 Å². The summed E-state index contributed by atoms with van der Waals surface area (Å²) in [6.45, 7) is 0.763. The van der Waals surface area contributed by atoms with Crippen molar-refractivity contribution < 1.29 is 22.7 Å². The Morgan fingerprint density at radius 3 is 2.30 bits per heavy atom. The van der Waals surface area contributed by atoms with Gasteiger partial charge in [-0.15, -0.1) is 0 Å². The van der Waals surface area contributed by atoms with Crippen molar-refractivity contribution in [3.8, 4) is 0 Å². The molecule has 1 fully saturated rings. The molecule has 0 unspecified atom stereocenters. The van der Waals surface area contributed by atoms with Gasteiger partial charge in [0.25, 0.3) is 15.9 Å². The molecule has 0 bridgehead atoms. The highest BCUT2D eigenvalue weighted by Gasteiger charge is 2.29. The van der Waals surface area contributed by atoms with E-state index in [2.05, 4.69) is 4.72 Å². The maximum absolute atomic E-state index is 12.9. The van der Waals surface area contributed by atoms with Gasteiger partial charge >= 0.3 is 5.97 Å². The van der Waals surface area contributed by atoms with E-state index in [1.165, 1.54) is 37.4 Å². The highest BCUT2D eigenvalue weighted by Crippen LogP contribution is 2.27. The summed E-state index contributed by atoms with van der Waals surface area (Å²) in [5, 5.41) is 0.469. The van der Waals surface area contributed by atoms with E-state index in [4.69, 9.17) is 27.9 Å². The number of nitrogens with zero attached hydrogens (tertiary/aromatic N) is 1. The number of esters is 1. The molecule has 1 saturated heterocycles. The van der Waals surface area contributed by atoms with Gasteiger partial charge in [-0.25, -0.2) is 8.42 Å². The van der Waals surface area contributed by atoms with Gasteiger partial charge in [-0.05, 0) is 55.3 Å². The molecule has 2 aromatic rings. The fourth-order valence-corrected chi connectivity index (χ4v) is 4.95. The lowest BCUT2D eigenvalue weighted by Gasteiger charge is -2.30. The third kappa shape index (κ3) is 5.06. The second kappa shape index (κ2) is 9.24. The molecule has 1 aliphatic heterocycles. The standard InChI is InChI=1S/C20H20Cl2N2O5S/c1-29-20(26)13-8-10-24(11-9-13)19(25)14-2-7-17(22)18(12-14)30(27,28)23-16-5-3-15(21)4-6-16/h2-7,12-13,23H,8-11H2,1H3. The molecule has 10 heteroatoms. The summed E-state index contributed by atoms with van der Waals surface area (Å²) >= 11 is 11.9. The zero-order valence-electron chi connectivity index (χ0n) is 16.1. The molecule has 0 aromatic heterocycles. The van der Waals surface area contributed by atoms with Gasteiger partial charge in [-0.3, -0.25) is 14.3 Å². The summed E-state index contributed by atoms with van der Waals surface area (Å²) in [4.78, 5) is 25.9. The van der Waals surface area contributed by atoms with Crippen LogP contribution in [0.3, 0.4) is 0 Å². The van der Waals surface area contributed by atoms with Gasteiger partial charge in [-0.1, -0.05) is 23.2 Å². The molecular formula is C20H20Cl2N2O5S. The zero-order chi connectivity index (χ0) is 21.9. The van der Waals surface area contributed by atoms with Gasteiger partial charge in [0.05, 0.1) is 18.1 Å². The number of methoxy groups -OCH3 is 1. The first-order valence-electron chi connectivity index (χ1n) is 9.16. The van der Waals surface area contributed by atoms with Gasteiger partial charge in [-0.2, -0.15) is 0 Å². The number of ether oxygens (including phenoxy) is 1. The number of amides is 1. The maximum atomic E-state index is 12.9. The van der Waals surface area contributed by atoms with Crippen molar-refractivity contribution in [3.05, 3.63) is 58.1 Å². The average Bonchev–Trinajstić information content (AvgIpc) is 2.74. The number of sulfonamides is 1. The summed E-state index contributed by atoms with van der Waals surface area (Å²) in [6.07, 6.45) is 0.991. The number of nitrogens with one attached hydrogen (secondary N) is 1. The Bertz CT molecular complexity index is 1050. The molecule has 1 amide bonds. The maximum Gasteiger partial charge on any atom is 0.308 e. The van der Waals surface area contributed by atoms with Crippen molar-refractivity contribution in [1.82, 2.24) is 4.90 Å². The summed E-state index contributed by atoms with van der Waals surface area (Å²) in [5.41, 5.74) is 0.518.